The van der Waals surface area contributed by atoms with Gasteiger partial charge in [0.2, 0.25) is 0 Å². The van der Waals surface area contributed by atoms with Gasteiger partial charge in [-0.2, -0.15) is 0 Å². The highest BCUT2D eigenvalue weighted by Gasteiger charge is 2.22. The molecule has 164 valence electrons. The topological polar surface area (TPSA) is 66.0 Å². The van der Waals surface area contributed by atoms with Crippen LogP contribution in [0, 0.1) is 0 Å². The molecule has 4 rings (SSSR count). The molecule has 1 atom stereocenters. The summed E-state index contributed by atoms with van der Waals surface area (Å²) in [6.07, 6.45) is 4.46. The van der Waals surface area contributed by atoms with E-state index in [-0.39, 0.29) is 12.0 Å². The van der Waals surface area contributed by atoms with E-state index in [2.05, 4.69) is 29.7 Å². The average Bonchev–Trinajstić information content (AvgIpc) is 3.24. The molecular formula is C25H32N4O2. The van der Waals surface area contributed by atoms with Gasteiger partial charge in [0.05, 0.1) is 13.1 Å². The van der Waals surface area contributed by atoms with E-state index in [0.717, 1.165) is 61.7 Å². The number of likely N-dealkylation sites (tertiary alicyclic amines) is 1. The quantitative estimate of drug-likeness (QED) is 0.556. The second-order valence-electron chi connectivity index (χ2n) is 8.18. The summed E-state index contributed by atoms with van der Waals surface area (Å²) in [4.78, 5) is 19.3. The molecule has 1 amide bonds. The van der Waals surface area contributed by atoms with Gasteiger partial charge < -0.3 is 20.3 Å². The van der Waals surface area contributed by atoms with E-state index in [1.54, 1.807) is 0 Å². The van der Waals surface area contributed by atoms with Gasteiger partial charge in [0.1, 0.15) is 11.9 Å². The zero-order chi connectivity index (χ0) is 21.5. The molecule has 6 heteroatoms. The number of nitrogens with one attached hydrogen (secondary N) is 2. The number of carbonyl (C=O) groups excluding carboxylic acids is 1. The number of fused-ring (bicyclic) bond motifs is 1. The van der Waals surface area contributed by atoms with Crippen LogP contribution in [-0.2, 0) is 13.0 Å². The number of ether oxygens (including phenoxy) is 1. The van der Waals surface area contributed by atoms with Gasteiger partial charge in [0.15, 0.2) is 5.96 Å². The molecule has 6 nitrogen and oxygen atoms in total. The van der Waals surface area contributed by atoms with Crippen LogP contribution in [0.2, 0.25) is 0 Å². The molecule has 0 spiro atoms. The fourth-order valence-electron chi connectivity index (χ4n) is 4.12. The number of para-hydroxylation sites is 1. The summed E-state index contributed by atoms with van der Waals surface area (Å²) in [5.41, 5.74) is 3.10. The first kappa shape index (κ1) is 21.2. The standard InChI is InChI=1S/C25H32N4O2/c1-2-26-25(28-18-22-16-21-8-4-5-9-23(21)31-22)27-17-19-10-12-20(13-11-19)24(30)29-14-6-3-7-15-29/h4-5,8-13,22H,2-3,6-7,14-18H2,1H3,(H2,26,27,28). The predicted octanol–water partition coefficient (Wildman–Crippen LogP) is 3.37. The number of nitrogens with zero attached hydrogens (tertiary/aromatic N) is 2. The molecule has 1 fully saturated rings. The summed E-state index contributed by atoms with van der Waals surface area (Å²) in [6, 6.07) is 16.0. The number of carbonyl (C=O) groups is 1. The Bertz CT molecular complexity index is 879. The van der Waals surface area contributed by atoms with E-state index in [1.807, 2.05) is 41.3 Å². The van der Waals surface area contributed by atoms with E-state index in [1.165, 1.54) is 12.0 Å². The average molecular weight is 421 g/mol. The minimum absolute atomic E-state index is 0.112. The summed E-state index contributed by atoms with van der Waals surface area (Å²) >= 11 is 0. The number of rotatable bonds is 6. The van der Waals surface area contributed by atoms with Gasteiger partial charge in [-0.25, -0.2) is 4.99 Å². The van der Waals surface area contributed by atoms with Crippen LogP contribution in [0.5, 0.6) is 5.75 Å². The van der Waals surface area contributed by atoms with Crippen molar-refractivity contribution < 1.29 is 9.53 Å². The fourth-order valence-corrected chi connectivity index (χ4v) is 4.12. The van der Waals surface area contributed by atoms with Gasteiger partial charge in [-0.3, -0.25) is 4.79 Å². The zero-order valence-electron chi connectivity index (χ0n) is 18.3. The first-order valence-corrected chi connectivity index (χ1v) is 11.4. The highest BCUT2D eigenvalue weighted by atomic mass is 16.5. The number of piperidine rings is 1. The number of benzene rings is 2. The smallest absolute Gasteiger partial charge is 0.253 e. The van der Waals surface area contributed by atoms with E-state index in [9.17, 15) is 4.79 Å². The third-order valence-electron chi connectivity index (χ3n) is 5.82. The maximum Gasteiger partial charge on any atom is 0.253 e. The molecule has 1 saturated heterocycles. The third-order valence-corrected chi connectivity index (χ3v) is 5.82. The Kier molecular flexibility index (Phi) is 7.07. The van der Waals surface area contributed by atoms with Gasteiger partial charge in [-0.15, -0.1) is 0 Å². The van der Waals surface area contributed by atoms with Gasteiger partial charge >= 0.3 is 0 Å². The number of hydrogen-bond donors (Lipinski definition) is 2. The van der Waals surface area contributed by atoms with Crippen molar-refractivity contribution in [1.29, 1.82) is 0 Å². The lowest BCUT2D eigenvalue weighted by atomic mass is 10.1. The normalized spacial score (nSPS) is 18.3. The van der Waals surface area contributed by atoms with E-state index < -0.39 is 0 Å². The molecule has 0 aromatic heterocycles. The van der Waals surface area contributed by atoms with Crippen LogP contribution in [-0.4, -0.2) is 49.0 Å². The largest absolute Gasteiger partial charge is 0.488 e. The zero-order valence-corrected chi connectivity index (χ0v) is 18.3. The SMILES string of the molecule is CCNC(=NCc1ccc(C(=O)N2CCCCC2)cc1)NCC1Cc2ccccc2O1. The lowest BCUT2D eigenvalue weighted by Gasteiger charge is -2.26. The molecule has 31 heavy (non-hydrogen) atoms. The van der Waals surface area contributed by atoms with Crippen LogP contribution in [0.15, 0.2) is 53.5 Å². The highest BCUT2D eigenvalue weighted by molar-refractivity contribution is 5.94. The molecule has 0 aliphatic carbocycles. The lowest BCUT2D eigenvalue weighted by molar-refractivity contribution is 0.0724. The second-order valence-corrected chi connectivity index (χ2v) is 8.18. The number of amides is 1. The Morgan fingerprint density at radius 2 is 1.84 bits per heavy atom. The minimum Gasteiger partial charge on any atom is -0.488 e. The molecule has 0 bridgehead atoms. The summed E-state index contributed by atoms with van der Waals surface area (Å²) < 4.78 is 6.00. The van der Waals surface area contributed by atoms with Crippen molar-refractivity contribution >= 4 is 11.9 Å². The third kappa shape index (κ3) is 5.57. The number of hydrogen-bond acceptors (Lipinski definition) is 3. The number of guanidine groups is 1. The van der Waals surface area contributed by atoms with Crippen LogP contribution in [0.3, 0.4) is 0 Å². The lowest BCUT2D eigenvalue weighted by Crippen LogP contribution is -2.42. The molecular weight excluding hydrogens is 388 g/mol. The van der Waals surface area contributed by atoms with Crippen molar-refractivity contribution in [1.82, 2.24) is 15.5 Å². The van der Waals surface area contributed by atoms with E-state index >= 15 is 0 Å². The molecule has 2 aromatic carbocycles. The van der Waals surface area contributed by atoms with Crippen LogP contribution in [0.1, 0.15) is 47.7 Å². The van der Waals surface area contributed by atoms with Gasteiger partial charge in [0.25, 0.3) is 5.91 Å². The summed E-state index contributed by atoms with van der Waals surface area (Å²) in [6.45, 7) is 5.85. The maximum absolute atomic E-state index is 12.6. The summed E-state index contributed by atoms with van der Waals surface area (Å²) in [7, 11) is 0. The van der Waals surface area contributed by atoms with Crippen molar-refractivity contribution in [2.75, 3.05) is 26.2 Å². The van der Waals surface area contributed by atoms with Crippen LogP contribution >= 0.6 is 0 Å². The first-order valence-electron chi connectivity index (χ1n) is 11.4. The monoisotopic (exact) mass is 420 g/mol. The Labute approximate surface area is 184 Å². The molecule has 0 saturated carbocycles. The van der Waals surface area contributed by atoms with Crippen LogP contribution < -0.4 is 15.4 Å². The molecule has 2 aromatic rings. The predicted molar refractivity (Wildman–Crippen MR) is 124 cm³/mol. The Morgan fingerprint density at radius 1 is 1.06 bits per heavy atom. The molecule has 2 heterocycles. The Hall–Kier alpha value is -3.02. The molecule has 2 aliphatic heterocycles. The molecule has 2 aliphatic rings. The van der Waals surface area contributed by atoms with Crippen LogP contribution in [0.4, 0.5) is 0 Å². The maximum atomic E-state index is 12.6. The van der Waals surface area contributed by atoms with Crippen molar-refractivity contribution in [3.05, 3.63) is 65.2 Å². The van der Waals surface area contributed by atoms with Crippen molar-refractivity contribution in [3.8, 4) is 5.75 Å². The first-order chi connectivity index (χ1) is 15.2. The van der Waals surface area contributed by atoms with Crippen molar-refractivity contribution in [3.63, 3.8) is 0 Å². The number of aliphatic imine (C=N–C) groups is 1. The summed E-state index contributed by atoms with van der Waals surface area (Å²) in [5, 5.41) is 6.69. The van der Waals surface area contributed by atoms with Crippen molar-refractivity contribution in [2.24, 2.45) is 4.99 Å². The molecule has 2 N–H and O–H groups in total. The second kappa shape index (κ2) is 10.3. The molecule has 0 radical (unpaired) electrons. The summed E-state index contributed by atoms with van der Waals surface area (Å²) in [5.74, 6) is 1.90. The molecule has 1 unspecified atom stereocenters. The van der Waals surface area contributed by atoms with Gasteiger partial charge in [-0.1, -0.05) is 30.3 Å². The van der Waals surface area contributed by atoms with Gasteiger partial charge in [-0.05, 0) is 55.5 Å². The van der Waals surface area contributed by atoms with E-state index in [4.69, 9.17) is 9.73 Å². The van der Waals surface area contributed by atoms with Crippen molar-refractivity contribution in [2.45, 2.75) is 45.3 Å². The Balaban J connectivity index is 1.30. The Morgan fingerprint density at radius 3 is 2.58 bits per heavy atom. The van der Waals surface area contributed by atoms with Crippen LogP contribution in [0.25, 0.3) is 0 Å². The minimum atomic E-state index is 0.112. The fraction of sp³-hybridized carbons (Fsp3) is 0.440. The van der Waals surface area contributed by atoms with E-state index in [0.29, 0.717) is 13.1 Å². The highest BCUT2D eigenvalue weighted by Crippen LogP contribution is 2.27. The van der Waals surface area contributed by atoms with Gasteiger partial charge in [0, 0.05) is 31.6 Å².